The molecule has 0 spiro atoms. The molecule has 0 fully saturated rings. The zero-order chi connectivity index (χ0) is 11.1. The number of aliphatic hydroxyl groups is 2. The maximum Gasteiger partial charge on any atom is 0.178 e. The van der Waals surface area contributed by atoms with Crippen molar-refractivity contribution < 1.29 is 19.7 Å². The number of aliphatic hydroxyl groups excluding tert-OH is 1. The van der Waals surface area contributed by atoms with E-state index in [4.69, 9.17) is 19.7 Å². The fourth-order valence-corrected chi connectivity index (χ4v) is 1.10. The molecule has 0 amide bonds. The van der Waals surface area contributed by atoms with E-state index in [2.05, 4.69) is 0 Å². The van der Waals surface area contributed by atoms with Gasteiger partial charge in [-0.3, -0.25) is 0 Å². The summed E-state index contributed by atoms with van der Waals surface area (Å²) in [4.78, 5) is 0. The maximum absolute atomic E-state index is 8.86. The van der Waals surface area contributed by atoms with Gasteiger partial charge >= 0.3 is 0 Å². The molecule has 15 heavy (non-hydrogen) atoms. The van der Waals surface area contributed by atoms with E-state index in [9.17, 15) is 0 Å². The highest BCUT2D eigenvalue weighted by molar-refractivity contribution is 5.27. The molecule has 0 unspecified atom stereocenters. The molecule has 1 aromatic rings. The van der Waals surface area contributed by atoms with Gasteiger partial charge in [0.05, 0.1) is 6.61 Å². The molecular formula is C11H16O4. The van der Waals surface area contributed by atoms with Gasteiger partial charge in [0, 0.05) is 12.2 Å². The third kappa shape index (κ3) is 4.29. The Balaban J connectivity index is 2.36. The summed E-state index contributed by atoms with van der Waals surface area (Å²) in [7, 11) is 0. The van der Waals surface area contributed by atoms with Gasteiger partial charge in [-0.2, -0.15) is 0 Å². The Morgan fingerprint density at radius 1 is 1.13 bits per heavy atom. The van der Waals surface area contributed by atoms with E-state index in [-0.39, 0.29) is 0 Å². The standard InChI is InChI=1S/C11H16O4/c1-2-14-7-8-15-10-5-3-9(4-6-10)11(12)13/h3-6,11-13H,2,7-8H2,1H3. The van der Waals surface area contributed by atoms with E-state index in [1.807, 2.05) is 6.92 Å². The number of rotatable bonds is 6. The van der Waals surface area contributed by atoms with E-state index in [0.717, 1.165) is 0 Å². The quantitative estimate of drug-likeness (QED) is 0.547. The first-order chi connectivity index (χ1) is 7.24. The number of benzene rings is 1. The lowest BCUT2D eigenvalue weighted by molar-refractivity contribution is -0.0425. The van der Waals surface area contributed by atoms with Crippen molar-refractivity contribution in [1.29, 1.82) is 0 Å². The minimum Gasteiger partial charge on any atom is -0.491 e. The molecular weight excluding hydrogens is 196 g/mol. The molecule has 84 valence electrons. The minimum atomic E-state index is -1.43. The van der Waals surface area contributed by atoms with Crippen molar-refractivity contribution in [3.63, 3.8) is 0 Å². The summed E-state index contributed by atoms with van der Waals surface area (Å²) in [6.45, 7) is 3.66. The molecule has 0 radical (unpaired) electrons. The molecule has 0 aromatic heterocycles. The van der Waals surface area contributed by atoms with Crippen LogP contribution in [0.3, 0.4) is 0 Å². The van der Waals surface area contributed by atoms with Crippen LogP contribution in [0.4, 0.5) is 0 Å². The predicted octanol–water partition coefficient (Wildman–Crippen LogP) is 1.09. The maximum atomic E-state index is 8.86. The van der Waals surface area contributed by atoms with Gasteiger partial charge < -0.3 is 19.7 Å². The molecule has 0 aliphatic carbocycles. The van der Waals surface area contributed by atoms with E-state index in [0.29, 0.717) is 31.1 Å². The van der Waals surface area contributed by atoms with Crippen LogP contribution in [0.2, 0.25) is 0 Å². The summed E-state index contributed by atoms with van der Waals surface area (Å²) in [5.41, 5.74) is 0.451. The Kier molecular flexibility index (Phi) is 5.10. The zero-order valence-corrected chi connectivity index (χ0v) is 8.72. The van der Waals surface area contributed by atoms with Crippen molar-refractivity contribution in [3.8, 4) is 5.75 Å². The van der Waals surface area contributed by atoms with Gasteiger partial charge in [0.2, 0.25) is 0 Å². The third-order valence-corrected chi connectivity index (χ3v) is 1.88. The summed E-state index contributed by atoms with van der Waals surface area (Å²) in [5, 5.41) is 17.7. The lowest BCUT2D eigenvalue weighted by atomic mass is 10.2. The Bertz CT molecular complexity index is 268. The van der Waals surface area contributed by atoms with Crippen LogP contribution in [-0.2, 0) is 4.74 Å². The second-order valence-electron chi connectivity index (χ2n) is 2.99. The molecule has 1 aromatic carbocycles. The summed E-state index contributed by atoms with van der Waals surface area (Å²) < 4.78 is 10.5. The lowest BCUT2D eigenvalue weighted by Gasteiger charge is -2.07. The van der Waals surface area contributed by atoms with E-state index in [1.165, 1.54) is 0 Å². The average Bonchev–Trinajstić information content (AvgIpc) is 2.25. The summed E-state index contributed by atoms with van der Waals surface area (Å²) >= 11 is 0. The smallest absolute Gasteiger partial charge is 0.178 e. The Hall–Kier alpha value is -1.10. The predicted molar refractivity (Wildman–Crippen MR) is 55.6 cm³/mol. The monoisotopic (exact) mass is 212 g/mol. The highest BCUT2D eigenvalue weighted by Crippen LogP contribution is 2.15. The van der Waals surface area contributed by atoms with Crippen LogP contribution in [0.15, 0.2) is 24.3 Å². The van der Waals surface area contributed by atoms with E-state index in [1.54, 1.807) is 24.3 Å². The van der Waals surface area contributed by atoms with Gasteiger partial charge in [-0.05, 0) is 19.1 Å². The van der Waals surface area contributed by atoms with Crippen LogP contribution >= 0.6 is 0 Å². The SMILES string of the molecule is CCOCCOc1ccc(C(O)O)cc1. The van der Waals surface area contributed by atoms with E-state index >= 15 is 0 Å². The highest BCUT2D eigenvalue weighted by Gasteiger charge is 2.01. The van der Waals surface area contributed by atoms with E-state index < -0.39 is 6.29 Å². The highest BCUT2D eigenvalue weighted by atomic mass is 16.5. The van der Waals surface area contributed by atoms with Crippen LogP contribution < -0.4 is 4.74 Å². The van der Waals surface area contributed by atoms with Gasteiger partial charge in [0.15, 0.2) is 6.29 Å². The van der Waals surface area contributed by atoms with Gasteiger partial charge in [-0.15, -0.1) is 0 Å². The number of hydrogen-bond donors (Lipinski definition) is 2. The Morgan fingerprint density at radius 3 is 2.33 bits per heavy atom. The van der Waals surface area contributed by atoms with Crippen molar-refractivity contribution in [2.24, 2.45) is 0 Å². The fourth-order valence-electron chi connectivity index (χ4n) is 1.10. The van der Waals surface area contributed by atoms with Crippen LogP contribution in [0.5, 0.6) is 5.75 Å². The second kappa shape index (κ2) is 6.40. The van der Waals surface area contributed by atoms with Crippen molar-refractivity contribution in [2.75, 3.05) is 19.8 Å². The second-order valence-corrected chi connectivity index (χ2v) is 2.99. The van der Waals surface area contributed by atoms with Crippen molar-refractivity contribution in [2.45, 2.75) is 13.2 Å². The first-order valence-electron chi connectivity index (χ1n) is 4.90. The molecule has 0 saturated heterocycles. The molecule has 1 rings (SSSR count). The van der Waals surface area contributed by atoms with Crippen LogP contribution in [-0.4, -0.2) is 30.0 Å². The molecule has 4 heteroatoms. The minimum absolute atomic E-state index is 0.451. The van der Waals surface area contributed by atoms with Crippen molar-refractivity contribution in [3.05, 3.63) is 29.8 Å². The van der Waals surface area contributed by atoms with Gasteiger partial charge in [0.25, 0.3) is 0 Å². The molecule has 4 nitrogen and oxygen atoms in total. The summed E-state index contributed by atoms with van der Waals surface area (Å²) in [6, 6.07) is 6.61. The van der Waals surface area contributed by atoms with Crippen LogP contribution in [0.1, 0.15) is 18.8 Å². The van der Waals surface area contributed by atoms with Gasteiger partial charge in [-0.25, -0.2) is 0 Å². The lowest BCUT2D eigenvalue weighted by Crippen LogP contribution is -2.06. The topological polar surface area (TPSA) is 58.9 Å². The number of ether oxygens (including phenoxy) is 2. The summed E-state index contributed by atoms with van der Waals surface area (Å²) in [6.07, 6.45) is -1.43. The van der Waals surface area contributed by atoms with Gasteiger partial charge in [0.1, 0.15) is 12.4 Å². The number of hydrogen-bond acceptors (Lipinski definition) is 4. The first kappa shape index (κ1) is 12.0. The Labute approximate surface area is 89.1 Å². The summed E-state index contributed by atoms with van der Waals surface area (Å²) in [5.74, 6) is 0.694. The van der Waals surface area contributed by atoms with Crippen LogP contribution in [0.25, 0.3) is 0 Å². The van der Waals surface area contributed by atoms with Crippen molar-refractivity contribution >= 4 is 0 Å². The molecule has 0 aliphatic heterocycles. The zero-order valence-electron chi connectivity index (χ0n) is 8.72. The molecule has 0 saturated carbocycles. The third-order valence-electron chi connectivity index (χ3n) is 1.88. The molecule has 2 N–H and O–H groups in total. The Morgan fingerprint density at radius 2 is 1.80 bits per heavy atom. The van der Waals surface area contributed by atoms with Gasteiger partial charge in [-0.1, -0.05) is 12.1 Å². The molecule has 0 aliphatic rings. The molecule has 0 atom stereocenters. The average molecular weight is 212 g/mol. The first-order valence-corrected chi connectivity index (χ1v) is 4.90. The fraction of sp³-hybridized carbons (Fsp3) is 0.455. The largest absolute Gasteiger partial charge is 0.491 e. The van der Waals surface area contributed by atoms with Crippen LogP contribution in [0, 0.1) is 0 Å². The normalized spacial score (nSPS) is 10.7. The van der Waals surface area contributed by atoms with Crippen molar-refractivity contribution in [1.82, 2.24) is 0 Å². The molecule has 0 bridgehead atoms. The molecule has 0 heterocycles.